The molecule has 0 radical (unpaired) electrons. The summed E-state index contributed by atoms with van der Waals surface area (Å²) in [5.41, 5.74) is 2.04. The summed E-state index contributed by atoms with van der Waals surface area (Å²) in [6.45, 7) is 11.8. The van der Waals surface area contributed by atoms with E-state index in [-0.39, 0.29) is 5.54 Å². The van der Waals surface area contributed by atoms with Crippen LogP contribution in [-0.4, -0.2) is 11.7 Å². The molecule has 0 aliphatic heterocycles. The Hall–Kier alpha value is -2.23. The molecule has 0 atom stereocenters. The summed E-state index contributed by atoms with van der Waals surface area (Å²) in [4.78, 5) is 12.0. The maximum absolute atomic E-state index is 12.0. The van der Waals surface area contributed by atoms with Crippen molar-refractivity contribution < 1.29 is 9.15 Å². The van der Waals surface area contributed by atoms with E-state index in [2.05, 4.69) is 6.58 Å². The van der Waals surface area contributed by atoms with Gasteiger partial charge in [0.05, 0.1) is 12.5 Å². The summed E-state index contributed by atoms with van der Waals surface area (Å²) in [6.07, 6.45) is 1.78. The van der Waals surface area contributed by atoms with Crippen molar-refractivity contribution in [3.63, 3.8) is 0 Å². The second-order valence-electron chi connectivity index (χ2n) is 6.07. The number of methoxy groups -OCH3 is 1. The molecule has 0 amide bonds. The summed E-state index contributed by atoms with van der Waals surface area (Å²) < 4.78 is 12.3. The number of ether oxygens (including phenoxy) is 1. The fourth-order valence-electron chi connectivity index (χ4n) is 2.29. The van der Waals surface area contributed by atoms with E-state index in [4.69, 9.17) is 9.15 Å². The van der Waals surface area contributed by atoms with Gasteiger partial charge < -0.3 is 9.15 Å². The highest BCUT2D eigenvalue weighted by molar-refractivity contribution is 5.57. The number of benzene rings is 1. The van der Waals surface area contributed by atoms with Gasteiger partial charge in [-0.2, -0.15) is 0 Å². The standard InChI is InChI=1S/C17H21NO3/c1-11-7-8-13(15(9-11)20-6)10-14-12(2)18(16(19)21-14)17(3,4)5/h7-10H,2H2,1,3-6H3/b14-10+. The van der Waals surface area contributed by atoms with Crippen LogP contribution in [0.1, 0.15) is 31.9 Å². The van der Waals surface area contributed by atoms with E-state index in [1.807, 2.05) is 45.9 Å². The van der Waals surface area contributed by atoms with Crippen LogP contribution in [0.15, 0.2) is 27.4 Å². The number of hydrogen-bond acceptors (Lipinski definition) is 3. The van der Waals surface area contributed by atoms with Crippen molar-refractivity contribution in [2.75, 3.05) is 7.11 Å². The Labute approximate surface area is 124 Å². The van der Waals surface area contributed by atoms with Crippen molar-refractivity contribution in [3.05, 3.63) is 50.6 Å². The van der Waals surface area contributed by atoms with E-state index in [1.165, 1.54) is 0 Å². The molecule has 0 saturated carbocycles. The predicted octanol–water partition coefficient (Wildman–Crippen LogP) is 1.75. The lowest BCUT2D eigenvalue weighted by atomic mass is 10.1. The number of hydrogen-bond donors (Lipinski definition) is 0. The molecular weight excluding hydrogens is 266 g/mol. The van der Waals surface area contributed by atoms with Crippen LogP contribution in [0, 0.1) is 6.92 Å². The van der Waals surface area contributed by atoms with Gasteiger partial charge >= 0.3 is 5.76 Å². The molecular formula is C17H21NO3. The fourth-order valence-corrected chi connectivity index (χ4v) is 2.29. The van der Waals surface area contributed by atoms with Crippen LogP contribution in [0.25, 0.3) is 12.7 Å². The third kappa shape index (κ3) is 2.94. The predicted molar refractivity (Wildman–Crippen MR) is 84.0 cm³/mol. The number of aromatic nitrogens is 1. The van der Waals surface area contributed by atoms with Crippen LogP contribution < -0.4 is 21.3 Å². The maximum Gasteiger partial charge on any atom is 0.420 e. The van der Waals surface area contributed by atoms with Crippen LogP contribution in [0.4, 0.5) is 0 Å². The minimum absolute atomic E-state index is 0.374. The zero-order chi connectivity index (χ0) is 15.8. The van der Waals surface area contributed by atoms with Crippen molar-refractivity contribution >= 4 is 12.7 Å². The molecule has 0 spiro atoms. The second-order valence-corrected chi connectivity index (χ2v) is 6.07. The lowest BCUT2D eigenvalue weighted by Gasteiger charge is -2.18. The van der Waals surface area contributed by atoms with E-state index < -0.39 is 5.76 Å². The first-order chi connectivity index (χ1) is 9.74. The van der Waals surface area contributed by atoms with Gasteiger partial charge in [-0.25, -0.2) is 4.79 Å². The van der Waals surface area contributed by atoms with Crippen LogP contribution in [0.5, 0.6) is 5.75 Å². The number of nitrogens with zero attached hydrogens (tertiary/aromatic N) is 1. The number of aryl methyl sites for hydroxylation is 1. The molecule has 0 saturated heterocycles. The Balaban J connectivity index is 2.69. The van der Waals surface area contributed by atoms with E-state index >= 15 is 0 Å². The molecule has 2 rings (SSSR count). The minimum atomic E-state index is -0.398. The van der Waals surface area contributed by atoms with E-state index in [0.717, 1.165) is 16.9 Å². The lowest BCUT2D eigenvalue weighted by molar-refractivity contribution is 0.345. The first-order valence-corrected chi connectivity index (χ1v) is 6.81. The SMILES string of the molecule is C=c1/c(=C\c2ccc(C)cc2OC)oc(=O)n1C(C)(C)C. The first-order valence-electron chi connectivity index (χ1n) is 6.81. The summed E-state index contributed by atoms with van der Waals surface area (Å²) >= 11 is 0. The number of rotatable bonds is 2. The van der Waals surface area contributed by atoms with Crippen LogP contribution >= 0.6 is 0 Å². The third-order valence-electron chi connectivity index (χ3n) is 3.28. The van der Waals surface area contributed by atoms with Crippen molar-refractivity contribution in [2.45, 2.75) is 33.2 Å². The number of oxazole rings is 1. The van der Waals surface area contributed by atoms with Crippen LogP contribution in [-0.2, 0) is 5.54 Å². The summed E-state index contributed by atoms with van der Waals surface area (Å²) in [5.74, 6) is 0.338. The summed E-state index contributed by atoms with van der Waals surface area (Å²) in [5, 5.41) is 0.565. The Morgan fingerprint density at radius 3 is 2.52 bits per heavy atom. The van der Waals surface area contributed by atoms with Crippen LogP contribution in [0.3, 0.4) is 0 Å². The molecule has 112 valence electrons. The topological polar surface area (TPSA) is 44.4 Å². The average Bonchev–Trinajstić information content (AvgIpc) is 2.66. The van der Waals surface area contributed by atoms with Crippen molar-refractivity contribution in [3.8, 4) is 5.75 Å². The quantitative estimate of drug-likeness (QED) is 0.845. The molecule has 0 aliphatic rings. The molecule has 1 aromatic heterocycles. The Bertz CT molecular complexity index is 819. The third-order valence-corrected chi connectivity index (χ3v) is 3.28. The van der Waals surface area contributed by atoms with E-state index in [1.54, 1.807) is 17.8 Å². The van der Waals surface area contributed by atoms with Crippen molar-refractivity contribution in [2.24, 2.45) is 0 Å². The molecule has 0 aliphatic carbocycles. The molecule has 0 N–H and O–H groups in total. The monoisotopic (exact) mass is 287 g/mol. The fraction of sp³-hybridized carbons (Fsp3) is 0.353. The van der Waals surface area contributed by atoms with Gasteiger partial charge in [-0.3, -0.25) is 4.57 Å². The molecule has 2 aromatic rings. The van der Waals surface area contributed by atoms with Gasteiger partial charge in [-0.05, 0) is 45.4 Å². The first kappa shape index (κ1) is 15.2. The molecule has 0 bridgehead atoms. The Morgan fingerprint density at radius 2 is 2.00 bits per heavy atom. The molecule has 21 heavy (non-hydrogen) atoms. The highest BCUT2D eigenvalue weighted by Crippen LogP contribution is 2.20. The van der Waals surface area contributed by atoms with Crippen molar-refractivity contribution in [1.82, 2.24) is 4.57 Å². The van der Waals surface area contributed by atoms with Crippen molar-refractivity contribution in [1.29, 1.82) is 0 Å². The van der Waals surface area contributed by atoms with E-state index in [0.29, 0.717) is 10.8 Å². The van der Waals surface area contributed by atoms with Gasteiger partial charge in [-0.15, -0.1) is 0 Å². The second kappa shape index (κ2) is 5.28. The highest BCUT2D eigenvalue weighted by Gasteiger charge is 2.18. The lowest BCUT2D eigenvalue weighted by Crippen LogP contribution is -2.41. The van der Waals surface area contributed by atoms with E-state index in [9.17, 15) is 4.79 Å². The highest BCUT2D eigenvalue weighted by atomic mass is 16.5. The zero-order valence-electron chi connectivity index (χ0n) is 13.2. The largest absolute Gasteiger partial charge is 0.496 e. The molecule has 4 heteroatoms. The van der Waals surface area contributed by atoms with Gasteiger partial charge in [0, 0.05) is 11.1 Å². The van der Waals surface area contributed by atoms with Gasteiger partial charge in [-0.1, -0.05) is 18.7 Å². The van der Waals surface area contributed by atoms with Gasteiger partial charge in [0.1, 0.15) is 5.75 Å². The molecule has 0 unspecified atom stereocenters. The van der Waals surface area contributed by atoms with Gasteiger partial charge in [0.2, 0.25) is 0 Å². The summed E-state index contributed by atoms with van der Waals surface area (Å²) in [7, 11) is 1.62. The van der Waals surface area contributed by atoms with Gasteiger partial charge in [0.25, 0.3) is 0 Å². The Kier molecular flexibility index (Phi) is 3.81. The minimum Gasteiger partial charge on any atom is -0.496 e. The molecule has 1 heterocycles. The average molecular weight is 287 g/mol. The normalized spacial score (nSPS) is 12.7. The smallest absolute Gasteiger partial charge is 0.420 e. The van der Waals surface area contributed by atoms with Crippen LogP contribution in [0.2, 0.25) is 0 Å². The Morgan fingerprint density at radius 1 is 1.33 bits per heavy atom. The zero-order valence-corrected chi connectivity index (χ0v) is 13.2. The molecule has 0 fully saturated rings. The molecule has 1 aromatic carbocycles. The van der Waals surface area contributed by atoms with Gasteiger partial charge in [0.15, 0.2) is 5.42 Å². The molecule has 4 nitrogen and oxygen atoms in total. The summed E-state index contributed by atoms with van der Waals surface area (Å²) in [6, 6.07) is 5.85. The maximum atomic E-state index is 12.0.